The number of imidazole rings is 1. The van der Waals surface area contributed by atoms with Crippen molar-refractivity contribution in [1.29, 1.82) is 0 Å². The van der Waals surface area contributed by atoms with Crippen molar-refractivity contribution >= 4 is 0 Å². The Labute approximate surface area is 81.2 Å². The van der Waals surface area contributed by atoms with E-state index in [-0.39, 0.29) is 18.8 Å². The van der Waals surface area contributed by atoms with Gasteiger partial charge in [-0.2, -0.15) is 0 Å². The Morgan fingerprint density at radius 3 is 2.79 bits per heavy atom. The maximum atomic E-state index is 11.6. The normalized spacial score (nSPS) is 18.4. The third-order valence-corrected chi connectivity index (χ3v) is 2.43. The van der Waals surface area contributed by atoms with Crippen LogP contribution in [0.4, 0.5) is 0 Å². The summed E-state index contributed by atoms with van der Waals surface area (Å²) < 4.78 is 3.11. The number of aliphatic hydroxyl groups is 2. The van der Waals surface area contributed by atoms with Crippen LogP contribution in [0, 0.1) is 0 Å². The van der Waals surface area contributed by atoms with Crippen molar-refractivity contribution < 1.29 is 10.2 Å². The fraction of sp³-hybridized carbons (Fsp3) is 0.667. The molecular weight excluding hydrogens is 184 g/mol. The topological polar surface area (TPSA) is 67.4 Å². The molecular formula is C9H14N2O3. The van der Waals surface area contributed by atoms with Crippen molar-refractivity contribution in [1.82, 2.24) is 9.13 Å². The molecule has 5 heteroatoms. The zero-order chi connectivity index (χ0) is 10.1. The van der Waals surface area contributed by atoms with Gasteiger partial charge in [0.1, 0.15) is 0 Å². The van der Waals surface area contributed by atoms with Gasteiger partial charge < -0.3 is 10.2 Å². The molecule has 0 radical (unpaired) electrons. The van der Waals surface area contributed by atoms with Crippen molar-refractivity contribution in [2.75, 3.05) is 6.61 Å². The van der Waals surface area contributed by atoms with Gasteiger partial charge in [0.2, 0.25) is 0 Å². The molecule has 0 spiro atoms. The molecule has 0 bridgehead atoms. The van der Waals surface area contributed by atoms with Gasteiger partial charge in [0.25, 0.3) is 0 Å². The lowest BCUT2D eigenvalue weighted by molar-refractivity contribution is 0.0803. The van der Waals surface area contributed by atoms with E-state index in [1.54, 1.807) is 17.0 Å². The monoisotopic (exact) mass is 198 g/mol. The van der Waals surface area contributed by atoms with Crippen LogP contribution in [0.5, 0.6) is 0 Å². The Bertz CT molecular complexity index is 364. The summed E-state index contributed by atoms with van der Waals surface area (Å²) in [5.74, 6) is 0. The number of hydrogen-bond donors (Lipinski definition) is 2. The summed E-state index contributed by atoms with van der Waals surface area (Å²) in [4.78, 5) is 11.6. The van der Waals surface area contributed by atoms with Gasteiger partial charge in [-0.1, -0.05) is 0 Å². The number of aliphatic hydroxyl groups excluding tert-OH is 2. The maximum Gasteiger partial charge on any atom is 0.328 e. The highest BCUT2D eigenvalue weighted by molar-refractivity contribution is 4.91. The van der Waals surface area contributed by atoms with E-state index in [2.05, 4.69) is 0 Å². The van der Waals surface area contributed by atoms with E-state index < -0.39 is 6.10 Å². The highest BCUT2D eigenvalue weighted by atomic mass is 16.3. The van der Waals surface area contributed by atoms with Crippen LogP contribution < -0.4 is 5.69 Å². The molecule has 78 valence electrons. The summed E-state index contributed by atoms with van der Waals surface area (Å²) in [7, 11) is 0. The number of aromatic nitrogens is 2. The largest absolute Gasteiger partial charge is 0.394 e. The Balaban J connectivity index is 2.14. The van der Waals surface area contributed by atoms with E-state index in [0.29, 0.717) is 6.04 Å². The van der Waals surface area contributed by atoms with Crippen LogP contribution in [0.2, 0.25) is 0 Å². The van der Waals surface area contributed by atoms with Gasteiger partial charge in [0.05, 0.1) is 19.3 Å². The van der Waals surface area contributed by atoms with Crippen LogP contribution in [0.25, 0.3) is 0 Å². The Morgan fingerprint density at radius 1 is 1.50 bits per heavy atom. The van der Waals surface area contributed by atoms with Crippen LogP contribution in [0.1, 0.15) is 18.9 Å². The molecule has 1 aliphatic rings. The lowest BCUT2D eigenvalue weighted by atomic mass is 10.4. The van der Waals surface area contributed by atoms with Gasteiger partial charge in [0, 0.05) is 18.4 Å². The van der Waals surface area contributed by atoms with Crippen molar-refractivity contribution in [3.8, 4) is 0 Å². The van der Waals surface area contributed by atoms with Crippen LogP contribution in [0.3, 0.4) is 0 Å². The zero-order valence-electron chi connectivity index (χ0n) is 7.83. The third kappa shape index (κ3) is 1.73. The molecule has 0 amide bonds. The minimum absolute atomic E-state index is 0.0972. The summed E-state index contributed by atoms with van der Waals surface area (Å²) in [5.41, 5.74) is -0.0972. The smallest absolute Gasteiger partial charge is 0.328 e. The minimum Gasteiger partial charge on any atom is -0.394 e. The highest BCUT2D eigenvalue weighted by Gasteiger charge is 2.25. The molecule has 0 aromatic carbocycles. The molecule has 1 aromatic heterocycles. The van der Waals surface area contributed by atoms with Crippen LogP contribution in [-0.2, 0) is 6.54 Å². The zero-order valence-corrected chi connectivity index (χ0v) is 7.83. The summed E-state index contributed by atoms with van der Waals surface area (Å²) >= 11 is 0. The fourth-order valence-electron chi connectivity index (χ4n) is 1.48. The molecule has 1 unspecified atom stereocenters. The summed E-state index contributed by atoms with van der Waals surface area (Å²) in [6.07, 6.45) is 4.66. The molecule has 1 heterocycles. The highest BCUT2D eigenvalue weighted by Crippen LogP contribution is 2.33. The molecule has 0 aliphatic heterocycles. The first-order valence-electron chi connectivity index (χ1n) is 4.78. The minimum atomic E-state index is -0.859. The van der Waals surface area contributed by atoms with Crippen molar-refractivity contribution in [2.45, 2.75) is 31.5 Å². The summed E-state index contributed by atoms with van der Waals surface area (Å²) in [6.45, 7) is -0.157. The van der Waals surface area contributed by atoms with Crippen molar-refractivity contribution in [3.05, 3.63) is 22.9 Å². The second kappa shape index (κ2) is 3.59. The molecule has 1 atom stereocenters. The number of nitrogens with zero attached hydrogens (tertiary/aromatic N) is 2. The molecule has 14 heavy (non-hydrogen) atoms. The van der Waals surface area contributed by atoms with Crippen LogP contribution in [-0.4, -0.2) is 32.1 Å². The van der Waals surface area contributed by atoms with Crippen molar-refractivity contribution in [2.24, 2.45) is 0 Å². The van der Waals surface area contributed by atoms with Crippen LogP contribution >= 0.6 is 0 Å². The molecule has 1 saturated carbocycles. The maximum absolute atomic E-state index is 11.6. The molecule has 5 nitrogen and oxygen atoms in total. The van der Waals surface area contributed by atoms with E-state index in [0.717, 1.165) is 12.8 Å². The standard InChI is InChI=1S/C9H14N2O3/c12-6-8(13)5-10-3-4-11(9(10)14)7-1-2-7/h3-4,7-8,12-13H,1-2,5-6H2. The first-order chi connectivity index (χ1) is 6.72. The van der Waals surface area contributed by atoms with Gasteiger partial charge in [-0.3, -0.25) is 9.13 Å². The molecule has 2 N–H and O–H groups in total. The molecule has 1 fully saturated rings. The number of rotatable bonds is 4. The fourth-order valence-corrected chi connectivity index (χ4v) is 1.48. The molecule has 0 saturated heterocycles. The SMILES string of the molecule is O=c1n(CC(O)CO)ccn1C1CC1. The summed E-state index contributed by atoms with van der Waals surface area (Å²) in [5, 5.41) is 17.8. The first kappa shape index (κ1) is 9.48. The molecule has 1 aromatic rings. The first-order valence-corrected chi connectivity index (χ1v) is 4.78. The average molecular weight is 198 g/mol. The van der Waals surface area contributed by atoms with E-state index in [1.807, 2.05) is 0 Å². The van der Waals surface area contributed by atoms with Gasteiger partial charge >= 0.3 is 5.69 Å². The Morgan fingerprint density at radius 2 is 2.21 bits per heavy atom. The Kier molecular flexibility index (Phi) is 2.43. The van der Waals surface area contributed by atoms with Gasteiger partial charge in [-0.15, -0.1) is 0 Å². The van der Waals surface area contributed by atoms with E-state index in [1.165, 1.54) is 4.57 Å². The third-order valence-electron chi connectivity index (χ3n) is 2.43. The van der Waals surface area contributed by atoms with E-state index >= 15 is 0 Å². The lowest BCUT2D eigenvalue weighted by Crippen LogP contribution is -2.29. The predicted molar refractivity (Wildman–Crippen MR) is 50.1 cm³/mol. The van der Waals surface area contributed by atoms with Crippen molar-refractivity contribution in [3.63, 3.8) is 0 Å². The van der Waals surface area contributed by atoms with Gasteiger partial charge in [0.15, 0.2) is 0 Å². The summed E-state index contributed by atoms with van der Waals surface area (Å²) in [6, 6.07) is 0.356. The Hall–Kier alpha value is -1.07. The van der Waals surface area contributed by atoms with Crippen LogP contribution in [0.15, 0.2) is 17.2 Å². The molecule has 1 aliphatic carbocycles. The quantitative estimate of drug-likeness (QED) is 0.674. The van der Waals surface area contributed by atoms with Gasteiger partial charge in [-0.05, 0) is 12.8 Å². The second-order valence-electron chi connectivity index (χ2n) is 3.71. The van der Waals surface area contributed by atoms with Gasteiger partial charge in [-0.25, -0.2) is 4.79 Å². The number of hydrogen-bond acceptors (Lipinski definition) is 3. The average Bonchev–Trinajstić information content (AvgIpc) is 2.95. The lowest BCUT2D eigenvalue weighted by Gasteiger charge is -2.06. The predicted octanol–water partition coefficient (Wildman–Crippen LogP) is -0.662. The second-order valence-corrected chi connectivity index (χ2v) is 3.71. The van der Waals surface area contributed by atoms with E-state index in [9.17, 15) is 9.90 Å². The van der Waals surface area contributed by atoms with E-state index in [4.69, 9.17) is 5.11 Å². The molecule has 2 rings (SSSR count).